The summed E-state index contributed by atoms with van der Waals surface area (Å²) in [6.07, 6.45) is 5.36. The predicted octanol–water partition coefficient (Wildman–Crippen LogP) is 4.35. The quantitative estimate of drug-likeness (QED) is 0.571. The molecule has 6 rings (SSSR count). The standard InChI is InChI=1S/C26H31N3O5S/c1-16(30)28-26-11-18-8-19(12-26)10-25(9-18,15-26)23(32)34-13-20-14-35-24(27-20)29(17(2)31)21-6-4-5-7-22(21)33-3/h4-7,14,18-19H,8-13,15H2,1-3H3,(H,28,30)/t18-,19-,25?,26?/m1/s1. The van der Waals surface area contributed by atoms with E-state index in [0.29, 0.717) is 40.5 Å². The van der Waals surface area contributed by atoms with Crippen molar-refractivity contribution in [3.05, 3.63) is 35.3 Å². The smallest absolute Gasteiger partial charge is 0.312 e. The van der Waals surface area contributed by atoms with Crippen molar-refractivity contribution in [2.75, 3.05) is 12.0 Å². The van der Waals surface area contributed by atoms with Crippen LogP contribution in [0.25, 0.3) is 0 Å². The molecule has 2 amide bonds. The number of nitrogens with one attached hydrogen (secondary N) is 1. The molecule has 4 fully saturated rings. The number of esters is 1. The van der Waals surface area contributed by atoms with Gasteiger partial charge in [0.2, 0.25) is 11.8 Å². The molecule has 0 saturated heterocycles. The number of hydrogen-bond donors (Lipinski definition) is 1. The van der Waals surface area contributed by atoms with Gasteiger partial charge in [0.05, 0.1) is 23.9 Å². The first-order valence-electron chi connectivity index (χ1n) is 12.1. The van der Waals surface area contributed by atoms with Crippen molar-refractivity contribution in [3.8, 4) is 5.75 Å². The Morgan fingerprint density at radius 3 is 2.51 bits per heavy atom. The minimum atomic E-state index is -0.534. The van der Waals surface area contributed by atoms with E-state index in [9.17, 15) is 14.4 Å². The van der Waals surface area contributed by atoms with Crippen molar-refractivity contribution < 1.29 is 23.9 Å². The Kier molecular flexibility index (Phi) is 6.07. The minimum Gasteiger partial charge on any atom is -0.495 e. The number of carbonyl (C=O) groups is 3. The Morgan fingerprint density at radius 2 is 1.86 bits per heavy atom. The van der Waals surface area contributed by atoms with E-state index in [-0.39, 0.29) is 29.9 Å². The van der Waals surface area contributed by atoms with E-state index in [2.05, 4.69) is 10.3 Å². The van der Waals surface area contributed by atoms with Gasteiger partial charge >= 0.3 is 5.97 Å². The largest absolute Gasteiger partial charge is 0.495 e. The highest BCUT2D eigenvalue weighted by Gasteiger charge is 2.61. The van der Waals surface area contributed by atoms with Crippen LogP contribution in [0.4, 0.5) is 10.8 Å². The Balaban J connectivity index is 1.30. The zero-order valence-electron chi connectivity index (χ0n) is 20.3. The van der Waals surface area contributed by atoms with Crippen molar-refractivity contribution in [3.63, 3.8) is 0 Å². The third kappa shape index (κ3) is 4.42. The van der Waals surface area contributed by atoms with Gasteiger partial charge in [0.15, 0.2) is 5.13 Å². The minimum absolute atomic E-state index is 0.0319. The molecule has 1 aromatic heterocycles. The fourth-order valence-electron chi connectivity index (χ4n) is 7.00. The third-order valence-electron chi connectivity index (χ3n) is 7.66. The summed E-state index contributed by atoms with van der Waals surface area (Å²) in [6, 6.07) is 7.28. The molecular weight excluding hydrogens is 466 g/mol. The number of anilines is 2. The highest BCUT2D eigenvalue weighted by molar-refractivity contribution is 7.14. The first-order valence-corrected chi connectivity index (χ1v) is 12.9. The Morgan fingerprint density at radius 1 is 1.14 bits per heavy atom. The maximum atomic E-state index is 13.4. The topological polar surface area (TPSA) is 97.8 Å². The lowest BCUT2D eigenvalue weighted by atomic mass is 9.47. The van der Waals surface area contributed by atoms with E-state index in [4.69, 9.17) is 9.47 Å². The lowest BCUT2D eigenvalue weighted by Gasteiger charge is -2.60. The number of para-hydroxylation sites is 2. The fourth-order valence-corrected chi connectivity index (χ4v) is 7.87. The van der Waals surface area contributed by atoms with Crippen LogP contribution in [0.5, 0.6) is 5.75 Å². The second-order valence-corrected chi connectivity index (χ2v) is 11.3. The van der Waals surface area contributed by atoms with Crippen LogP contribution in [0.3, 0.4) is 0 Å². The Bertz CT molecular complexity index is 1150. The van der Waals surface area contributed by atoms with E-state index in [1.165, 1.54) is 23.2 Å². The first-order chi connectivity index (χ1) is 16.7. The lowest BCUT2D eigenvalue weighted by Crippen LogP contribution is -2.64. The van der Waals surface area contributed by atoms with Gasteiger partial charge in [0, 0.05) is 24.8 Å². The van der Waals surface area contributed by atoms with Crippen LogP contribution in [0.2, 0.25) is 0 Å². The molecule has 35 heavy (non-hydrogen) atoms. The molecule has 186 valence electrons. The van der Waals surface area contributed by atoms with Crippen molar-refractivity contribution in [1.82, 2.24) is 10.3 Å². The molecule has 0 spiro atoms. The number of aromatic nitrogens is 1. The Labute approximate surface area is 209 Å². The number of carbonyl (C=O) groups excluding carboxylic acids is 3. The lowest BCUT2D eigenvalue weighted by molar-refractivity contribution is -0.177. The van der Waals surface area contributed by atoms with Crippen LogP contribution < -0.4 is 15.0 Å². The summed E-state index contributed by atoms with van der Waals surface area (Å²) >= 11 is 1.32. The van der Waals surface area contributed by atoms with Crippen LogP contribution in [0.15, 0.2) is 29.6 Å². The van der Waals surface area contributed by atoms with E-state index < -0.39 is 5.41 Å². The fraction of sp³-hybridized carbons (Fsp3) is 0.538. The number of thiazole rings is 1. The van der Waals surface area contributed by atoms with Crippen molar-refractivity contribution in [2.24, 2.45) is 17.3 Å². The van der Waals surface area contributed by atoms with Gasteiger partial charge < -0.3 is 14.8 Å². The average Bonchev–Trinajstić information content (AvgIpc) is 3.24. The highest BCUT2D eigenvalue weighted by Crippen LogP contribution is 2.62. The molecule has 0 aliphatic heterocycles. The Hall–Kier alpha value is -2.94. The molecule has 4 aliphatic rings. The number of hydrogen-bond acceptors (Lipinski definition) is 7. The van der Waals surface area contributed by atoms with E-state index in [0.717, 1.165) is 32.1 Å². The van der Waals surface area contributed by atoms with Gasteiger partial charge in [0.25, 0.3) is 0 Å². The van der Waals surface area contributed by atoms with Crippen LogP contribution in [-0.2, 0) is 25.7 Å². The van der Waals surface area contributed by atoms with Gasteiger partial charge in [-0.15, -0.1) is 11.3 Å². The van der Waals surface area contributed by atoms with Crippen LogP contribution in [0.1, 0.15) is 58.1 Å². The number of ether oxygens (including phenoxy) is 2. The highest BCUT2D eigenvalue weighted by atomic mass is 32.1. The summed E-state index contributed by atoms with van der Waals surface area (Å²) < 4.78 is 11.3. The summed E-state index contributed by atoms with van der Waals surface area (Å²) in [4.78, 5) is 43.9. The van der Waals surface area contributed by atoms with Gasteiger partial charge in [-0.05, 0) is 62.5 Å². The second kappa shape index (κ2) is 8.93. The second-order valence-electron chi connectivity index (χ2n) is 10.4. The molecule has 1 heterocycles. The molecule has 2 aromatic rings. The van der Waals surface area contributed by atoms with Gasteiger partial charge in [-0.2, -0.15) is 0 Å². The maximum Gasteiger partial charge on any atom is 0.312 e. The summed E-state index contributed by atoms with van der Waals surface area (Å²) in [5.41, 5.74) is 0.395. The first kappa shape index (κ1) is 23.8. The average molecular weight is 498 g/mol. The molecular formula is C26H31N3O5S. The number of nitrogens with zero attached hydrogens (tertiary/aromatic N) is 2. The molecule has 2 atom stereocenters. The van der Waals surface area contributed by atoms with Gasteiger partial charge in [0.1, 0.15) is 12.4 Å². The molecule has 1 aromatic carbocycles. The molecule has 9 heteroatoms. The molecule has 0 unspecified atom stereocenters. The molecule has 4 bridgehead atoms. The molecule has 4 saturated carbocycles. The number of rotatable bonds is 7. The van der Waals surface area contributed by atoms with Crippen molar-refractivity contribution in [2.45, 2.75) is 64.5 Å². The third-order valence-corrected chi connectivity index (χ3v) is 8.53. The predicted molar refractivity (Wildman–Crippen MR) is 131 cm³/mol. The summed E-state index contributed by atoms with van der Waals surface area (Å²) in [5, 5.41) is 5.49. The van der Waals surface area contributed by atoms with Gasteiger partial charge in [-0.25, -0.2) is 4.98 Å². The summed E-state index contributed by atoms with van der Waals surface area (Å²) in [6.45, 7) is 3.08. The van der Waals surface area contributed by atoms with Gasteiger partial charge in [-0.3, -0.25) is 19.3 Å². The molecule has 1 N–H and O–H groups in total. The van der Waals surface area contributed by atoms with Crippen LogP contribution in [-0.4, -0.2) is 35.4 Å². The van der Waals surface area contributed by atoms with Crippen LogP contribution in [0, 0.1) is 17.3 Å². The number of amides is 2. The molecule has 8 nitrogen and oxygen atoms in total. The maximum absolute atomic E-state index is 13.4. The zero-order chi connectivity index (χ0) is 24.8. The SMILES string of the molecule is COc1ccccc1N(C(C)=O)c1nc(COC(=O)C23C[C@H]4C[C@@H](CC(NC(C)=O)(C4)C2)C3)cs1. The monoisotopic (exact) mass is 497 g/mol. The van der Waals surface area contributed by atoms with E-state index >= 15 is 0 Å². The molecule has 0 radical (unpaired) electrons. The summed E-state index contributed by atoms with van der Waals surface area (Å²) in [7, 11) is 1.56. The van der Waals surface area contributed by atoms with E-state index in [1.807, 2.05) is 17.5 Å². The molecule has 4 aliphatic carbocycles. The van der Waals surface area contributed by atoms with Crippen LogP contribution >= 0.6 is 11.3 Å². The van der Waals surface area contributed by atoms with Crippen molar-refractivity contribution >= 4 is 39.9 Å². The van der Waals surface area contributed by atoms with Crippen molar-refractivity contribution in [1.29, 1.82) is 0 Å². The normalized spacial score (nSPS) is 28.4. The van der Waals surface area contributed by atoms with Gasteiger partial charge in [-0.1, -0.05) is 12.1 Å². The van der Waals surface area contributed by atoms with E-state index in [1.54, 1.807) is 26.2 Å². The number of benzene rings is 1. The summed E-state index contributed by atoms with van der Waals surface area (Å²) in [5.74, 6) is 1.06. The number of methoxy groups -OCH3 is 1. The zero-order valence-corrected chi connectivity index (χ0v) is 21.2.